The average molecular weight is 318 g/mol. The molecular weight excluding hydrogens is 302 g/mol. The molecule has 0 aromatic heterocycles. The van der Waals surface area contributed by atoms with Crippen LogP contribution < -0.4 is 5.73 Å². The number of hydrogen-bond donors (Lipinski definition) is 1. The van der Waals surface area contributed by atoms with Crippen molar-refractivity contribution in [2.24, 2.45) is 5.73 Å². The summed E-state index contributed by atoms with van der Waals surface area (Å²) < 4.78 is 0. The summed E-state index contributed by atoms with van der Waals surface area (Å²) >= 11 is 3.46. The number of hydrogen-bond acceptors (Lipinski definition) is 1. The summed E-state index contributed by atoms with van der Waals surface area (Å²) in [6.07, 6.45) is 0. The molecule has 19 heavy (non-hydrogen) atoms. The molecule has 0 heterocycles. The standard InChI is InChI=1S/C16H16BrNO/c1-16(14(17)15(18)19,12-8-4-2-5-9-12)13-10-6-3-7-11-13/h2-11,14H,1H3,(H2,18,19). The van der Waals surface area contributed by atoms with E-state index in [9.17, 15) is 4.79 Å². The van der Waals surface area contributed by atoms with Crippen molar-refractivity contribution in [2.75, 3.05) is 0 Å². The molecule has 0 aliphatic carbocycles. The van der Waals surface area contributed by atoms with E-state index in [1.54, 1.807) is 0 Å². The van der Waals surface area contributed by atoms with Gasteiger partial charge >= 0.3 is 0 Å². The number of amides is 1. The van der Waals surface area contributed by atoms with Crippen LogP contribution in [0.15, 0.2) is 60.7 Å². The number of alkyl halides is 1. The van der Waals surface area contributed by atoms with Gasteiger partial charge in [-0.1, -0.05) is 76.6 Å². The van der Waals surface area contributed by atoms with Crippen molar-refractivity contribution < 1.29 is 4.79 Å². The predicted octanol–water partition coefficient (Wildman–Crippen LogP) is 3.24. The van der Waals surface area contributed by atoms with E-state index in [-0.39, 0.29) is 5.91 Å². The molecule has 0 spiro atoms. The number of halogens is 1. The highest BCUT2D eigenvalue weighted by atomic mass is 79.9. The van der Waals surface area contributed by atoms with Crippen LogP contribution in [0.1, 0.15) is 18.1 Å². The van der Waals surface area contributed by atoms with Crippen molar-refractivity contribution in [3.05, 3.63) is 71.8 Å². The van der Waals surface area contributed by atoms with Gasteiger partial charge in [-0.3, -0.25) is 4.79 Å². The Morgan fingerprint density at radius 1 is 1.00 bits per heavy atom. The van der Waals surface area contributed by atoms with Crippen LogP contribution in [0.4, 0.5) is 0 Å². The van der Waals surface area contributed by atoms with Gasteiger partial charge in [0.15, 0.2) is 0 Å². The zero-order chi connectivity index (χ0) is 13.9. The summed E-state index contributed by atoms with van der Waals surface area (Å²) in [6.45, 7) is 2.03. The minimum absolute atomic E-state index is 0.366. The number of rotatable bonds is 4. The Morgan fingerprint density at radius 2 is 1.37 bits per heavy atom. The fourth-order valence-electron chi connectivity index (χ4n) is 2.31. The van der Waals surface area contributed by atoms with Gasteiger partial charge in [-0.05, 0) is 18.1 Å². The molecule has 0 fully saturated rings. The number of carbonyl (C=O) groups is 1. The van der Waals surface area contributed by atoms with Crippen LogP contribution in [0.3, 0.4) is 0 Å². The van der Waals surface area contributed by atoms with Gasteiger partial charge in [-0.2, -0.15) is 0 Å². The van der Waals surface area contributed by atoms with Crippen molar-refractivity contribution in [3.63, 3.8) is 0 Å². The second-order valence-corrected chi connectivity index (χ2v) is 5.62. The van der Waals surface area contributed by atoms with Gasteiger partial charge in [-0.25, -0.2) is 0 Å². The summed E-state index contributed by atoms with van der Waals surface area (Å²) in [7, 11) is 0. The molecule has 0 bridgehead atoms. The van der Waals surface area contributed by atoms with Crippen LogP contribution in [-0.4, -0.2) is 10.7 Å². The summed E-state index contributed by atoms with van der Waals surface area (Å²) in [6, 6.07) is 19.9. The first-order chi connectivity index (χ1) is 9.06. The van der Waals surface area contributed by atoms with Crippen LogP contribution in [-0.2, 0) is 10.2 Å². The smallest absolute Gasteiger partial charge is 0.232 e. The molecule has 2 aromatic carbocycles. The number of carbonyl (C=O) groups excluding carboxylic acids is 1. The van der Waals surface area contributed by atoms with E-state index >= 15 is 0 Å². The first-order valence-electron chi connectivity index (χ1n) is 6.11. The number of nitrogens with two attached hydrogens (primary N) is 1. The molecule has 98 valence electrons. The molecule has 0 radical (unpaired) electrons. The van der Waals surface area contributed by atoms with Crippen LogP contribution >= 0.6 is 15.9 Å². The number of benzene rings is 2. The zero-order valence-corrected chi connectivity index (χ0v) is 12.3. The van der Waals surface area contributed by atoms with Gasteiger partial charge in [0.1, 0.15) is 4.83 Å². The highest BCUT2D eigenvalue weighted by molar-refractivity contribution is 9.10. The Bertz CT molecular complexity index is 514. The van der Waals surface area contributed by atoms with E-state index < -0.39 is 10.2 Å². The third-order valence-corrected chi connectivity index (χ3v) is 4.87. The van der Waals surface area contributed by atoms with Gasteiger partial charge < -0.3 is 5.73 Å². The molecule has 2 aromatic rings. The fourth-order valence-corrected chi connectivity index (χ4v) is 2.84. The average Bonchev–Trinajstić information content (AvgIpc) is 2.47. The SMILES string of the molecule is CC(c1ccccc1)(c1ccccc1)C(Br)C(N)=O. The fraction of sp³-hybridized carbons (Fsp3) is 0.188. The van der Waals surface area contributed by atoms with Crippen molar-refractivity contribution in [1.82, 2.24) is 0 Å². The quantitative estimate of drug-likeness (QED) is 0.864. The zero-order valence-electron chi connectivity index (χ0n) is 10.7. The summed E-state index contributed by atoms with van der Waals surface area (Å²) in [4.78, 5) is 11.2. The maximum Gasteiger partial charge on any atom is 0.232 e. The lowest BCUT2D eigenvalue weighted by Crippen LogP contribution is -2.42. The van der Waals surface area contributed by atoms with Crippen molar-refractivity contribution in [3.8, 4) is 0 Å². The normalized spacial score (nSPS) is 12.9. The highest BCUT2D eigenvalue weighted by Crippen LogP contribution is 2.38. The van der Waals surface area contributed by atoms with Crippen molar-refractivity contribution in [1.29, 1.82) is 0 Å². The van der Waals surface area contributed by atoms with E-state index in [1.165, 1.54) is 0 Å². The van der Waals surface area contributed by atoms with Crippen LogP contribution in [0.2, 0.25) is 0 Å². The van der Waals surface area contributed by atoms with Crippen molar-refractivity contribution in [2.45, 2.75) is 17.2 Å². The Morgan fingerprint density at radius 3 is 1.68 bits per heavy atom. The number of primary amides is 1. The second-order valence-electron chi connectivity index (χ2n) is 4.70. The predicted molar refractivity (Wildman–Crippen MR) is 81.2 cm³/mol. The minimum Gasteiger partial charge on any atom is -0.369 e. The van der Waals surface area contributed by atoms with E-state index in [2.05, 4.69) is 15.9 Å². The Kier molecular flexibility index (Phi) is 4.05. The molecule has 0 aliphatic heterocycles. The minimum atomic E-state index is -0.492. The lowest BCUT2D eigenvalue weighted by molar-refractivity contribution is -0.118. The maximum atomic E-state index is 11.7. The summed E-state index contributed by atoms with van der Waals surface area (Å²) in [5, 5.41) is 0. The molecule has 1 amide bonds. The molecule has 1 atom stereocenters. The van der Waals surface area contributed by atoms with Crippen LogP contribution in [0.5, 0.6) is 0 Å². The molecular formula is C16H16BrNO. The van der Waals surface area contributed by atoms with Gasteiger partial charge in [0.2, 0.25) is 5.91 Å². The Hall–Kier alpha value is -1.61. The summed E-state index contributed by atoms with van der Waals surface area (Å²) in [5.74, 6) is -0.366. The molecule has 1 unspecified atom stereocenters. The molecule has 0 saturated carbocycles. The topological polar surface area (TPSA) is 43.1 Å². The van der Waals surface area contributed by atoms with Gasteiger partial charge in [0, 0.05) is 5.41 Å². The largest absolute Gasteiger partial charge is 0.369 e. The van der Waals surface area contributed by atoms with Gasteiger partial charge in [0.25, 0.3) is 0 Å². The first kappa shape index (κ1) is 13.8. The highest BCUT2D eigenvalue weighted by Gasteiger charge is 2.39. The van der Waals surface area contributed by atoms with Crippen LogP contribution in [0, 0.1) is 0 Å². The lowest BCUT2D eigenvalue weighted by Gasteiger charge is -2.34. The first-order valence-corrected chi connectivity index (χ1v) is 7.03. The van der Waals surface area contributed by atoms with E-state index in [0.29, 0.717) is 0 Å². The van der Waals surface area contributed by atoms with E-state index in [1.807, 2.05) is 67.6 Å². The Labute approximate surface area is 121 Å². The second kappa shape index (κ2) is 5.57. The Balaban J connectivity index is 2.61. The van der Waals surface area contributed by atoms with E-state index in [0.717, 1.165) is 11.1 Å². The maximum absolute atomic E-state index is 11.7. The molecule has 3 heteroatoms. The molecule has 2 N–H and O–H groups in total. The van der Waals surface area contributed by atoms with Crippen LogP contribution in [0.25, 0.3) is 0 Å². The molecule has 2 rings (SSSR count). The lowest BCUT2D eigenvalue weighted by atomic mass is 9.73. The molecule has 0 saturated heterocycles. The molecule has 0 aliphatic rings. The molecule has 2 nitrogen and oxygen atoms in total. The van der Waals surface area contributed by atoms with Gasteiger partial charge in [-0.15, -0.1) is 0 Å². The van der Waals surface area contributed by atoms with Gasteiger partial charge in [0.05, 0.1) is 0 Å². The third-order valence-electron chi connectivity index (χ3n) is 3.50. The summed E-state index contributed by atoms with van der Waals surface area (Å²) in [5.41, 5.74) is 7.13. The van der Waals surface area contributed by atoms with E-state index in [4.69, 9.17) is 5.73 Å². The third kappa shape index (κ3) is 2.56. The van der Waals surface area contributed by atoms with Crippen molar-refractivity contribution >= 4 is 21.8 Å². The monoisotopic (exact) mass is 317 g/mol.